The fraction of sp³-hybridized carbons (Fsp3) is 0.867. The largest absolute Gasteiger partial charge is 0.480 e. The van der Waals surface area contributed by atoms with Crippen LogP contribution in [0, 0.1) is 5.41 Å². The lowest BCUT2D eigenvalue weighted by Crippen LogP contribution is -2.64. The summed E-state index contributed by atoms with van der Waals surface area (Å²) in [6.45, 7) is 6.58. The van der Waals surface area contributed by atoms with E-state index in [9.17, 15) is 14.7 Å². The Morgan fingerprint density at radius 1 is 1.23 bits per heavy atom. The highest BCUT2D eigenvalue weighted by Gasteiger charge is 2.48. The van der Waals surface area contributed by atoms with Crippen molar-refractivity contribution in [3.8, 4) is 0 Å². The van der Waals surface area contributed by atoms with Crippen LogP contribution in [-0.2, 0) is 4.79 Å². The minimum absolute atomic E-state index is 0.00229. The molecule has 4 N–H and O–H groups in total. The number of hydrogen-bond acceptors (Lipinski definition) is 4. The first-order chi connectivity index (χ1) is 10.2. The minimum Gasteiger partial charge on any atom is -0.480 e. The number of likely N-dealkylation sites (N-methyl/N-ethyl adjacent to an activating group) is 1. The Kier molecular flexibility index (Phi) is 4.97. The highest BCUT2D eigenvalue weighted by Crippen LogP contribution is 2.40. The topological polar surface area (TPSA) is 102 Å². The van der Waals surface area contributed by atoms with Crippen molar-refractivity contribution in [2.24, 2.45) is 5.41 Å². The predicted molar refractivity (Wildman–Crippen MR) is 81.6 cm³/mol. The molecule has 0 aromatic rings. The van der Waals surface area contributed by atoms with Gasteiger partial charge in [0.15, 0.2) is 0 Å². The number of rotatable bonds is 6. The van der Waals surface area contributed by atoms with Crippen molar-refractivity contribution >= 4 is 12.0 Å². The normalized spacial score (nSPS) is 32.8. The third kappa shape index (κ3) is 3.52. The summed E-state index contributed by atoms with van der Waals surface area (Å²) in [6, 6.07) is 0.126. The molecule has 2 atom stereocenters. The maximum atomic E-state index is 12.0. The molecule has 2 aliphatic carbocycles. The Hall–Kier alpha value is -1.34. The average molecular weight is 313 g/mol. The third-order valence-electron chi connectivity index (χ3n) is 5.23. The number of nitrogens with zero attached hydrogens (tertiary/aromatic N) is 1. The number of aliphatic carboxylic acids is 1. The second-order valence-electron chi connectivity index (χ2n) is 7.02. The highest BCUT2D eigenvalue weighted by molar-refractivity contribution is 5.75. The number of urea groups is 1. The summed E-state index contributed by atoms with van der Waals surface area (Å²) >= 11 is 0. The SMILES string of the molecule is CCN(CC(=O)O)C1CC(NC(=O)NC2CC(O)C2(C)C)C1. The van der Waals surface area contributed by atoms with E-state index in [1.807, 2.05) is 25.7 Å². The molecular weight excluding hydrogens is 286 g/mol. The third-order valence-corrected chi connectivity index (χ3v) is 5.23. The maximum Gasteiger partial charge on any atom is 0.317 e. The van der Waals surface area contributed by atoms with E-state index in [-0.39, 0.29) is 42.2 Å². The lowest BCUT2D eigenvalue weighted by atomic mass is 9.64. The molecule has 0 aromatic carbocycles. The number of carboxylic acid groups (broad SMARTS) is 1. The molecule has 0 bridgehead atoms. The van der Waals surface area contributed by atoms with Crippen LogP contribution in [0.3, 0.4) is 0 Å². The van der Waals surface area contributed by atoms with Gasteiger partial charge in [0.25, 0.3) is 0 Å². The van der Waals surface area contributed by atoms with Gasteiger partial charge in [-0.1, -0.05) is 20.8 Å². The highest BCUT2D eigenvalue weighted by atomic mass is 16.4. The predicted octanol–water partition coefficient (Wildman–Crippen LogP) is 0.383. The molecule has 0 heterocycles. The second-order valence-corrected chi connectivity index (χ2v) is 7.02. The molecule has 0 aromatic heterocycles. The zero-order valence-corrected chi connectivity index (χ0v) is 13.5. The smallest absolute Gasteiger partial charge is 0.317 e. The number of carboxylic acids is 1. The molecule has 0 radical (unpaired) electrons. The molecule has 2 saturated carbocycles. The first kappa shape index (κ1) is 17.0. The molecule has 0 spiro atoms. The number of amides is 2. The molecule has 7 heteroatoms. The van der Waals surface area contributed by atoms with Crippen LogP contribution in [-0.4, -0.2) is 64.4 Å². The van der Waals surface area contributed by atoms with Crippen molar-refractivity contribution in [2.75, 3.05) is 13.1 Å². The van der Waals surface area contributed by atoms with Crippen LogP contribution in [0.25, 0.3) is 0 Å². The summed E-state index contributed by atoms with van der Waals surface area (Å²) in [4.78, 5) is 24.7. The van der Waals surface area contributed by atoms with Crippen molar-refractivity contribution in [1.82, 2.24) is 15.5 Å². The monoisotopic (exact) mass is 313 g/mol. The first-order valence-electron chi connectivity index (χ1n) is 7.95. The molecule has 2 unspecified atom stereocenters. The minimum atomic E-state index is -0.818. The summed E-state index contributed by atoms with van der Waals surface area (Å²) in [6.07, 6.45) is 1.80. The second kappa shape index (κ2) is 6.42. The van der Waals surface area contributed by atoms with E-state index >= 15 is 0 Å². The van der Waals surface area contributed by atoms with E-state index in [4.69, 9.17) is 5.11 Å². The molecule has 2 fully saturated rings. The molecule has 2 aliphatic rings. The fourth-order valence-corrected chi connectivity index (χ4v) is 3.21. The number of carbonyl (C=O) groups is 2. The first-order valence-corrected chi connectivity index (χ1v) is 7.95. The Morgan fingerprint density at radius 2 is 1.86 bits per heavy atom. The van der Waals surface area contributed by atoms with E-state index in [2.05, 4.69) is 10.6 Å². The molecule has 0 aliphatic heterocycles. The summed E-state index contributed by atoms with van der Waals surface area (Å²) in [7, 11) is 0. The Morgan fingerprint density at radius 3 is 2.32 bits per heavy atom. The lowest BCUT2D eigenvalue weighted by Gasteiger charge is -2.49. The van der Waals surface area contributed by atoms with E-state index in [1.165, 1.54) is 0 Å². The van der Waals surface area contributed by atoms with Crippen molar-refractivity contribution < 1.29 is 19.8 Å². The summed E-state index contributed by atoms with van der Waals surface area (Å²) in [5.41, 5.74) is -0.278. The van der Waals surface area contributed by atoms with Gasteiger partial charge in [-0.05, 0) is 25.8 Å². The zero-order chi connectivity index (χ0) is 16.5. The van der Waals surface area contributed by atoms with Crippen molar-refractivity contribution in [1.29, 1.82) is 0 Å². The van der Waals surface area contributed by atoms with Gasteiger partial charge in [0, 0.05) is 23.5 Å². The Balaban J connectivity index is 1.69. The van der Waals surface area contributed by atoms with Crippen LogP contribution >= 0.6 is 0 Å². The van der Waals surface area contributed by atoms with Gasteiger partial charge in [0.05, 0.1) is 12.6 Å². The molecule has 2 amide bonds. The summed E-state index contributed by atoms with van der Waals surface area (Å²) in [5, 5.41) is 24.4. The van der Waals surface area contributed by atoms with Crippen LogP contribution in [0.1, 0.15) is 40.0 Å². The summed E-state index contributed by atoms with van der Waals surface area (Å²) in [5.74, 6) is -0.818. The van der Waals surface area contributed by atoms with Crippen molar-refractivity contribution in [3.05, 3.63) is 0 Å². The van der Waals surface area contributed by atoms with E-state index < -0.39 is 5.97 Å². The Labute approximate surface area is 131 Å². The molecular formula is C15H27N3O4. The molecule has 126 valence electrons. The maximum absolute atomic E-state index is 12.0. The van der Waals surface area contributed by atoms with Crippen LogP contribution < -0.4 is 10.6 Å². The Bertz CT molecular complexity index is 435. The average Bonchev–Trinajstić information content (AvgIpc) is 2.39. The van der Waals surface area contributed by atoms with Gasteiger partial charge in [-0.25, -0.2) is 4.79 Å². The van der Waals surface area contributed by atoms with Gasteiger partial charge >= 0.3 is 12.0 Å². The standard InChI is InChI=1S/C15H27N3O4/c1-4-18(8-13(20)21)10-5-9(6-10)16-14(22)17-11-7-12(19)15(11,2)3/h9-12,19H,4-8H2,1-3H3,(H,20,21)(H2,16,17,22). The molecule has 7 nitrogen and oxygen atoms in total. The van der Waals surface area contributed by atoms with Gasteiger partial charge < -0.3 is 20.8 Å². The van der Waals surface area contributed by atoms with Crippen LogP contribution in [0.2, 0.25) is 0 Å². The van der Waals surface area contributed by atoms with E-state index in [0.29, 0.717) is 13.0 Å². The van der Waals surface area contributed by atoms with Gasteiger partial charge in [0.2, 0.25) is 0 Å². The van der Waals surface area contributed by atoms with E-state index in [0.717, 1.165) is 12.8 Å². The van der Waals surface area contributed by atoms with Gasteiger partial charge in [0.1, 0.15) is 0 Å². The van der Waals surface area contributed by atoms with Gasteiger partial charge in [-0.15, -0.1) is 0 Å². The molecule has 0 saturated heterocycles. The number of aliphatic hydroxyl groups excluding tert-OH is 1. The zero-order valence-electron chi connectivity index (χ0n) is 13.5. The van der Waals surface area contributed by atoms with Crippen LogP contribution in [0.15, 0.2) is 0 Å². The van der Waals surface area contributed by atoms with Gasteiger partial charge in [-0.3, -0.25) is 9.69 Å². The van der Waals surface area contributed by atoms with Gasteiger partial charge in [-0.2, -0.15) is 0 Å². The molecule has 2 rings (SSSR count). The van der Waals surface area contributed by atoms with Crippen LogP contribution in [0.5, 0.6) is 0 Å². The number of aliphatic hydroxyl groups is 1. The number of carbonyl (C=O) groups excluding carboxylic acids is 1. The van der Waals surface area contributed by atoms with Crippen molar-refractivity contribution in [2.45, 2.75) is 64.3 Å². The van der Waals surface area contributed by atoms with Crippen LogP contribution in [0.4, 0.5) is 4.79 Å². The van der Waals surface area contributed by atoms with Crippen molar-refractivity contribution in [3.63, 3.8) is 0 Å². The fourth-order valence-electron chi connectivity index (χ4n) is 3.21. The quantitative estimate of drug-likeness (QED) is 0.568. The summed E-state index contributed by atoms with van der Waals surface area (Å²) < 4.78 is 0. The molecule has 22 heavy (non-hydrogen) atoms. The number of nitrogens with one attached hydrogen (secondary N) is 2. The van der Waals surface area contributed by atoms with E-state index in [1.54, 1.807) is 0 Å². The lowest BCUT2D eigenvalue weighted by molar-refractivity contribution is -0.139. The number of hydrogen-bond donors (Lipinski definition) is 4.